The third-order valence-electron chi connectivity index (χ3n) is 6.26. The number of furan rings is 1. The lowest BCUT2D eigenvalue weighted by atomic mass is 10.1. The van der Waals surface area contributed by atoms with Crippen molar-refractivity contribution >= 4 is 58.3 Å². The molecule has 1 aliphatic rings. The average Bonchev–Trinajstić information content (AvgIpc) is 3.59. The Morgan fingerprint density at radius 1 is 1.05 bits per heavy atom. The van der Waals surface area contributed by atoms with E-state index in [-0.39, 0.29) is 25.0 Å². The molecule has 5 rings (SSSR count). The quantitative estimate of drug-likeness (QED) is 0.126. The standard InChI is InChI=1S/C32H27ClN4O4S/c1-21-9-12-26(13-10-21)35-30(38)20-41-28-14-11-25(33)16-24(28)17-29-31(39)37(19-27-8-5-15-40-27)32(42-29)36-34-18-23-7-4-3-6-22(23)2/h3-18H,19-20H2,1-2H3,(H,35,38)/b29-17-,34-18+,36-32-. The normalized spacial score (nSPS) is 15.2. The third-order valence-corrected chi connectivity index (χ3v) is 7.50. The maximum absolute atomic E-state index is 13.5. The fourth-order valence-electron chi connectivity index (χ4n) is 4.03. The van der Waals surface area contributed by atoms with Crippen molar-refractivity contribution in [1.29, 1.82) is 0 Å². The van der Waals surface area contributed by atoms with E-state index in [2.05, 4.69) is 15.5 Å². The smallest absolute Gasteiger partial charge is 0.267 e. The number of aryl methyl sites for hydroxylation is 2. The Morgan fingerprint density at radius 3 is 2.62 bits per heavy atom. The number of ether oxygens (including phenoxy) is 1. The fraction of sp³-hybridized carbons (Fsp3) is 0.125. The summed E-state index contributed by atoms with van der Waals surface area (Å²) in [5.74, 6) is 0.417. The van der Waals surface area contributed by atoms with Gasteiger partial charge in [-0.05, 0) is 85.3 Å². The molecule has 0 atom stereocenters. The van der Waals surface area contributed by atoms with Gasteiger partial charge in [0.25, 0.3) is 11.8 Å². The number of rotatable bonds is 9. The van der Waals surface area contributed by atoms with E-state index >= 15 is 0 Å². The number of hydrogen-bond acceptors (Lipinski definition) is 7. The number of nitrogens with one attached hydrogen (secondary N) is 1. The van der Waals surface area contributed by atoms with E-state index in [1.54, 1.807) is 48.9 Å². The van der Waals surface area contributed by atoms with Crippen LogP contribution in [-0.2, 0) is 16.1 Å². The molecule has 2 heterocycles. The van der Waals surface area contributed by atoms with E-state index in [9.17, 15) is 9.59 Å². The molecule has 1 aromatic heterocycles. The summed E-state index contributed by atoms with van der Waals surface area (Å²) in [5.41, 5.74) is 4.30. The molecule has 4 aromatic rings. The molecular weight excluding hydrogens is 572 g/mol. The van der Waals surface area contributed by atoms with Crippen molar-refractivity contribution in [2.75, 3.05) is 11.9 Å². The number of carbonyl (C=O) groups is 2. The number of thioether (sulfide) groups is 1. The number of benzene rings is 3. The summed E-state index contributed by atoms with van der Waals surface area (Å²) in [5, 5.41) is 12.3. The van der Waals surface area contributed by atoms with Crippen LogP contribution in [0.1, 0.15) is 28.0 Å². The second-order valence-corrected chi connectivity index (χ2v) is 10.9. The summed E-state index contributed by atoms with van der Waals surface area (Å²) in [6.07, 6.45) is 4.89. The summed E-state index contributed by atoms with van der Waals surface area (Å²) in [6, 6.07) is 23.9. The molecule has 1 fully saturated rings. The Bertz CT molecular complexity index is 1680. The molecule has 10 heteroatoms. The number of anilines is 1. The van der Waals surface area contributed by atoms with E-state index in [4.69, 9.17) is 20.8 Å². The van der Waals surface area contributed by atoms with Crippen LogP contribution in [0.15, 0.2) is 105 Å². The maximum atomic E-state index is 13.5. The Hall–Kier alpha value is -4.60. The van der Waals surface area contributed by atoms with Gasteiger partial charge in [-0.2, -0.15) is 5.10 Å². The van der Waals surface area contributed by atoms with Crippen molar-refractivity contribution in [2.45, 2.75) is 20.4 Å². The van der Waals surface area contributed by atoms with Gasteiger partial charge in [0.05, 0.1) is 23.9 Å². The lowest BCUT2D eigenvalue weighted by Crippen LogP contribution is -2.28. The van der Waals surface area contributed by atoms with Crippen LogP contribution in [0.4, 0.5) is 5.69 Å². The monoisotopic (exact) mass is 598 g/mol. The van der Waals surface area contributed by atoms with Gasteiger partial charge in [0.2, 0.25) is 0 Å². The average molecular weight is 599 g/mol. The van der Waals surface area contributed by atoms with Crippen LogP contribution in [0.25, 0.3) is 6.08 Å². The molecular formula is C32H27ClN4O4S. The summed E-state index contributed by atoms with van der Waals surface area (Å²) in [7, 11) is 0. The molecule has 0 spiro atoms. The Morgan fingerprint density at radius 2 is 1.86 bits per heavy atom. The second kappa shape index (κ2) is 13.4. The zero-order valence-electron chi connectivity index (χ0n) is 22.9. The van der Waals surface area contributed by atoms with E-state index < -0.39 is 0 Å². The number of carbonyl (C=O) groups excluding carboxylic acids is 2. The van der Waals surface area contributed by atoms with Gasteiger partial charge < -0.3 is 14.5 Å². The number of halogens is 1. The largest absolute Gasteiger partial charge is 0.483 e. The summed E-state index contributed by atoms with van der Waals surface area (Å²) < 4.78 is 11.3. The van der Waals surface area contributed by atoms with Crippen molar-refractivity contribution in [3.05, 3.63) is 123 Å². The summed E-state index contributed by atoms with van der Waals surface area (Å²) >= 11 is 7.47. The van der Waals surface area contributed by atoms with Gasteiger partial charge in [0.15, 0.2) is 11.8 Å². The van der Waals surface area contributed by atoms with Gasteiger partial charge in [-0.1, -0.05) is 53.6 Å². The first-order valence-corrected chi connectivity index (χ1v) is 14.2. The number of hydrogen-bond donors (Lipinski definition) is 1. The van der Waals surface area contributed by atoms with Gasteiger partial charge >= 0.3 is 0 Å². The Labute approximate surface area is 252 Å². The van der Waals surface area contributed by atoms with Gasteiger partial charge in [0.1, 0.15) is 11.5 Å². The minimum absolute atomic E-state index is 0.187. The van der Waals surface area contributed by atoms with Crippen LogP contribution in [0.5, 0.6) is 5.75 Å². The van der Waals surface area contributed by atoms with Gasteiger partial charge in [-0.15, -0.1) is 5.10 Å². The van der Waals surface area contributed by atoms with E-state index in [0.29, 0.717) is 37.9 Å². The molecule has 0 radical (unpaired) electrons. The van der Waals surface area contributed by atoms with E-state index in [1.165, 1.54) is 16.7 Å². The molecule has 1 N–H and O–H groups in total. The first kappa shape index (κ1) is 28.9. The predicted molar refractivity (Wildman–Crippen MR) is 168 cm³/mol. The highest BCUT2D eigenvalue weighted by Gasteiger charge is 2.34. The van der Waals surface area contributed by atoms with Gasteiger partial charge in [-0.25, -0.2) is 0 Å². The lowest BCUT2D eigenvalue weighted by Gasteiger charge is -2.13. The third kappa shape index (κ3) is 7.37. The minimum atomic E-state index is -0.315. The molecule has 1 saturated heterocycles. The molecule has 3 aromatic carbocycles. The van der Waals surface area contributed by atoms with Crippen molar-refractivity contribution < 1.29 is 18.7 Å². The molecule has 2 amide bonds. The molecule has 42 heavy (non-hydrogen) atoms. The summed E-state index contributed by atoms with van der Waals surface area (Å²) in [6.45, 7) is 3.93. The molecule has 1 aliphatic heterocycles. The summed E-state index contributed by atoms with van der Waals surface area (Å²) in [4.78, 5) is 28.0. The number of amidine groups is 1. The van der Waals surface area contributed by atoms with Crippen molar-refractivity contribution in [3.8, 4) is 5.75 Å². The molecule has 212 valence electrons. The highest BCUT2D eigenvalue weighted by atomic mass is 35.5. The highest BCUT2D eigenvalue weighted by Crippen LogP contribution is 2.36. The van der Waals surface area contributed by atoms with Crippen LogP contribution in [0.2, 0.25) is 5.02 Å². The Balaban J connectivity index is 1.37. The number of amides is 2. The molecule has 0 aliphatic carbocycles. The second-order valence-electron chi connectivity index (χ2n) is 9.45. The van der Waals surface area contributed by atoms with Crippen LogP contribution < -0.4 is 10.1 Å². The van der Waals surface area contributed by atoms with Gasteiger partial charge in [-0.3, -0.25) is 14.5 Å². The first-order valence-electron chi connectivity index (χ1n) is 13.0. The molecule has 0 bridgehead atoms. The van der Waals surface area contributed by atoms with E-state index in [1.807, 2.05) is 62.4 Å². The van der Waals surface area contributed by atoms with Gasteiger partial charge in [0, 0.05) is 16.3 Å². The minimum Gasteiger partial charge on any atom is -0.483 e. The van der Waals surface area contributed by atoms with Crippen LogP contribution in [0, 0.1) is 13.8 Å². The zero-order valence-corrected chi connectivity index (χ0v) is 24.5. The predicted octanol–water partition coefficient (Wildman–Crippen LogP) is 7.07. The van der Waals surface area contributed by atoms with Crippen molar-refractivity contribution in [1.82, 2.24) is 4.90 Å². The van der Waals surface area contributed by atoms with Crippen LogP contribution >= 0.6 is 23.4 Å². The SMILES string of the molecule is Cc1ccc(NC(=O)COc2ccc(Cl)cc2/C=C2\S/C(=N\N=C\c3ccccc3C)N(Cc3ccco3)C2=O)cc1. The molecule has 8 nitrogen and oxygen atoms in total. The topological polar surface area (TPSA) is 96.5 Å². The number of nitrogens with zero attached hydrogens (tertiary/aromatic N) is 3. The Kier molecular flexibility index (Phi) is 9.21. The van der Waals surface area contributed by atoms with Crippen LogP contribution in [0.3, 0.4) is 0 Å². The van der Waals surface area contributed by atoms with E-state index in [0.717, 1.165) is 16.7 Å². The first-order chi connectivity index (χ1) is 20.4. The molecule has 0 unspecified atom stereocenters. The van der Waals surface area contributed by atoms with Crippen molar-refractivity contribution in [2.24, 2.45) is 10.2 Å². The molecule has 0 saturated carbocycles. The fourth-order valence-corrected chi connectivity index (χ4v) is 5.14. The highest BCUT2D eigenvalue weighted by molar-refractivity contribution is 8.18. The van der Waals surface area contributed by atoms with Crippen molar-refractivity contribution in [3.63, 3.8) is 0 Å². The zero-order chi connectivity index (χ0) is 29.5. The maximum Gasteiger partial charge on any atom is 0.267 e. The van der Waals surface area contributed by atoms with Crippen LogP contribution in [-0.4, -0.2) is 34.7 Å². The lowest BCUT2D eigenvalue weighted by molar-refractivity contribution is -0.122.